The van der Waals surface area contributed by atoms with E-state index in [-0.39, 0.29) is 11.9 Å². The number of nitrogens with zero attached hydrogens (tertiary/aromatic N) is 6. The van der Waals surface area contributed by atoms with Crippen LogP contribution in [0.25, 0.3) is 0 Å². The lowest BCUT2D eigenvalue weighted by atomic mass is 9.99. The molecule has 0 bridgehead atoms. The minimum atomic E-state index is -1.08. The Morgan fingerprint density at radius 3 is 2.82 bits per heavy atom. The monoisotopic (exact) mass is 461 g/mol. The number of hydrogen-bond donors (Lipinski definition) is 2. The maximum Gasteiger partial charge on any atom is 0.255 e. The lowest BCUT2D eigenvalue weighted by Gasteiger charge is -2.25. The molecule has 2 unspecified atom stereocenters. The van der Waals surface area contributed by atoms with Crippen molar-refractivity contribution in [1.82, 2.24) is 29.6 Å². The fourth-order valence-corrected chi connectivity index (χ4v) is 5.51. The molecule has 0 aromatic carbocycles. The number of aromatic nitrogens is 5. The lowest BCUT2D eigenvalue weighted by molar-refractivity contribution is 0.0727. The molecule has 1 saturated carbocycles. The van der Waals surface area contributed by atoms with Crippen molar-refractivity contribution in [3.8, 4) is 0 Å². The molecule has 178 valence electrons. The van der Waals surface area contributed by atoms with Crippen LogP contribution in [0, 0.1) is 11.8 Å². The van der Waals surface area contributed by atoms with E-state index in [4.69, 9.17) is 4.98 Å². The Kier molecular flexibility index (Phi) is 4.81. The maximum absolute atomic E-state index is 12.9. The first-order valence-electron chi connectivity index (χ1n) is 12.1. The SMILES string of the molecule is Cn1cnc2c1CC[C@H]2NC(=O)c1cnn(Cc2ccc(N3CC4CC4C3)nc2C(C)(C)O)c1. The van der Waals surface area contributed by atoms with Gasteiger partial charge in [0, 0.05) is 32.0 Å². The van der Waals surface area contributed by atoms with Crippen LogP contribution in [0.3, 0.4) is 0 Å². The average Bonchev–Trinajstić information content (AvgIpc) is 3.26. The van der Waals surface area contributed by atoms with Crippen LogP contribution < -0.4 is 10.2 Å². The van der Waals surface area contributed by atoms with Crippen molar-refractivity contribution in [2.24, 2.45) is 18.9 Å². The van der Waals surface area contributed by atoms with Crippen LogP contribution in [0.2, 0.25) is 0 Å². The van der Waals surface area contributed by atoms with E-state index < -0.39 is 5.60 Å². The number of hydrogen-bond acceptors (Lipinski definition) is 6. The number of anilines is 1. The van der Waals surface area contributed by atoms with Crippen molar-refractivity contribution >= 4 is 11.7 Å². The number of carbonyl (C=O) groups excluding carboxylic acids is 1. The van der Waals surface area contributed by atoms with Gasteiger partial charge < -0.3 is 19.9 Å². The molecule has 2 aliphatic carbocycles. The van der Waals surface area contributed by atoms with Gasteiger partial charge in [-0.1, -0.05) is 6.07 Å². The highest BCUT2D eigenvalue weighted by Crippen LogP contribution is 2.46. The summed E-state index contributed by atoms with van der Waals surface area (Å²) in [4.78, 5) is 24.5. The van der Waals surface area contributed by atoms with Gasteiger partial charge in [0.25, 0.3) is 5.91 Å². The average molecular weight is 462 g/mol. The van der Waals surface area contributed by atoms with Gasteiger partial charge in [-0.25, -0.2) is 9.97 Å². The first-order valence-corrected chi connectivity index (χ1v) is 12.1. The minimum absolute atomic E-state index is 0.0674. The van der Waals surface area contributed by atoms with E-state index in [9.17, 15) is 9.90 Å². The van der Waals surface area contributed by atoms with Crippen LogP contribution in [0.4, 0.5) is 5.82 Å². The Morgan fingerprint density at radius 1 is 1.26 bits per heavy atom. The van der Waals surface area contributed by atoms with Crippen LogP contribution >= 0.6 is 0 Å². The van der Waals surface area contributed by atoms with Gasteiger partial charge in [0.2, 0.25) is 0 Å². The normalized spacial score (nSPS) is 23.2. The van der Waals surface area contributed by atoms with Gasteiger partial charge in [-0.3, -0.25) is 9.48 Å². The molecule has 3 aliphatic rings. The molecule has 3 aromatic rings. The summed E-state index contributed by atoms with van der Waals surface area (Å²) >= 11 is 0. The van der Waals surface area contributed by atoms with Crippen LogP contribution in [-0.4, -0.2) is 48.4 Å². The highest BCUT2D eigenvalue weighted by Gasteiger charge is 2.45. The Morgan fingerprint density at radius 2 is 2.06 bits per heavy atom. The van der Waals surface area contributed by atoms with E-state index in [2.05, 4.69) is 20.3 Å². The molecule has 1 amide bonds. The number of aliphatic hydroxyl groups is 1. The minimum Gasteiger partial charge on any atom is -0.384 e. The molecule has 1 aliphatic heterocycles. The molecule has 0 spiro atoms. The highest BCUT2D eigenvalue weighted by molar-refractivity contribution is 5.94. The van der Waals surface area contributed by atoms with Crippen molar-refractivity contribution < 1.29 is 9.90 Å². The Hall–Kier alpha value is -3.20. The molecule has 9 nitrogen and oxygen atoms in total. The summed E-state index contributed by atoms with van der Waals surface area (Å²) in [6.07, 6.45) is 8.25. The number of carbonyl (C=O) groups is 1. The molecule has 34 heavy (non-hydrogen) atoms. The fraction of sp³-hybridized carbons (Fsp3) is 0.520. The smallest absolute Gasteiger partial charge is 0.255 e. The molecule has 6 rings (SSSR count). The van der Waals surface area contributed by atoms with E-state index in [0.717, 1.165) is 54.8 Å². The molecule has 2 N–H and O–H groups in total. The standard InChI is InChI=1S/C25H31N7O2/c1-25(2,34)23-15(4-7-21(29-23)31-10-16-8-17(16)11-31)12-32-13-18(9-27-32)24(33)28-19-5-6-20-22(19)26-14-30(20)3/h4,7,9,13-14,16-17,19,34H,5-6,8,10-12H2,1-3H3,(H,28,33)/t16?,17?,19-/m1/s1. The summed E-state index contributed by atoms with van der Waals surface area (Å²) in [6.45, 7) is 6.07. The molecule has 3 aromatic heterocycles. The molecule has 9 heteroatoms. The molecule has 0 radical (unpaired) electrons. The van der Waals surface area contributed by atoms with Gasteiger partial charge >= 0.3 is 0 Å². The van der Waals surface area contributed by atoms with Crippen molar-refractivity contribution in [2.45, 2.75) is 51.3 Å². The third kappa shape index (κ3) is 3.77. The third-order valence-electron chi connectivity index (χ3n) is 7.47. The van der Waals surface area contributed by atoms with Gasteiger partial charge in [0.15, 0.2) is 0 Å². The van der Waals surface area contributed by atoms with Crippen LogP contribution in [0.15, 0.2) is 30.9 Å². The van der Waals surface area contributed by atoms with Crippen LogP contribution in [-0.2, 0) is 25.6 Å². The summed E-state index contributed by atoms with van der Waals surface area (Å²) in [7, 11) is 1.98. The number of fused-ring (bicyclic) bond motifs is 2. The van der Waals surface area contributed by atoms with Gasteiger partial charge in [-0.2, -0.15) is 5.10 Å². The summed E-state index contributed by atoms with van der Waals surface area (Å²) in [5, 5.41) is 18.3. The third-order valence-corrected chi connectivity index (χ3v) is 7.47. The van der Waals surface area contributed by atoms with E-state index in [1.54, 1.807) is 37.3 Å². The molecular weight excluding hydrogens is 430 g/mol. The second kappa shape index (κ2) is 7.66. The van der Waals surface area contributed by atoms with Crippen LogP contribution in [0.1, 0.15) is 65.7 Å². The molecule has 2 fully saturated rings. The first kappa shape index (κ1) is 21.3. The molecule has 3 atom stereocenters. The zero-order valence-electron chi connectivity index (χ0n) is 19.9. The fourth-order valence-electron chi connectivity index (χ4n) is 5.51. The maximum atomic E-state index is 12.9. The number of nitrogens with one attached hydrogen (secondary N) is 1. The van der Waals surface area contributed by atoms with Crippen molar-refractivity contribution in [1.29, 1.82) is 0 Å². The molecule has 1 saturated heterocycles. The highest BCUT2D eigenvalue weighted by atomic mass is 16.3. The predicted molar refractivity (Wildman–Crippen MR) is 126 cm³/mol. The van der Waals surface area contributed by atoms with Crippen molar-refractivity contribution in [3.63, 3.8) is 0 Å². The summed E-state index contributed by atoms with van der Waals surface area (Å²) < 4.78 is 3.75. The van der Waals surface area contributed by atoms with E-state index in [1.807, 2.05) is 23.7 Å². The van der Waals surface area contributed by atoms with Gasteiger partial charge in [-0.15, -0.1) is 0 Å². The van der Waals surface area contributed by atoms with Crippen molar-refractivity contribution in [3.05, 3.63) is 59.1 Å². The zero-order valence-corrected chi connectivity index (χ0v) is 19.9. The van der Waals surface area contributed by atoms with E-state index >= 15 is 0 Å². The Balaban J connectivity index is 1.18. The Bertz CT molecular complexity index is 1240. The second-order valence-electron chi connectivity index (χ2n) is 10.6. The molecular formula is C25H31N7O2. The Labute approximate surface area is 198 Å². The topological polar surface area (TPSA) is 101 Å². The van der Waals surface area contributed by atoms with Crippen molar-refractivity contribution in [2.75, 3.05) is 18.0 Å². The lowest BCUT2D eigenvalue weighted by Crippen LogP contribution is -2.27. The summed E-state index contributed by atoms with van der Waals surface area (Å²) in [5.74, 6) is 2.40. The van der Waals surface area contributed by atoms with Gasteiger partial charge in [0.05, 0.1) is 42.1 Å². The zero-order chi connectivity index (χ0) is 23.6. The van der Waals surface area contributed by atoms with Crippen LogP contribution in [0.5, 0.6) is 0 Å². The van der Waals surface area contributed by atoms with E-state index in [0.29, 0.717) is 17.8 Å². The van der Waals surface area contributed by atoms with Gasteiger partial charge in [0.1, 0.15) is 11.4 Å². The first-order chi connectivity index (χ1) is 16.3. The summed E-state index contributed by atoms with van der Waals surface area (Å²) in [5.41, 5.74) is 3.12. The largest absolute Gasteiger partial charge is 0.384 e. The number of pyridine rings is 1. The summed E-state index contributed by atoms with van der Waals surface area (Å²) in [6, 6.07) is 4.00. The number of amides is 1. The number of aryl methyl sites for hydroxylation is 1. The number of piperidine rings is 1. The number of rotatable bonds is 6. The number of imidazole rings is 1. The second-order valence-corrected chi connectivity index (χ2v) is 10.6. The van der Waals surface area contributed by atoms with Gasteiger partial charge in [-0.05, 0) is 56.6 Å². The quantitative estimate of drug-likeness (QED) is 0.584. The predicted octanol–water partition coefficient (Wildman–Crippen LogP) is 2.16. The van der Waals surface area contributed by atoms with E-state index in [1.165, 1.54) is 12.1 Å². The molecule has 4 heterocycles.